The summed E-state index contributed by atoms with van der Waals surface area (Å²) in [6.45, 7) is 1.86. The predicted octanol–water partition coefficient (Wildman–Crippen LogP) is 0.534. The molecule has 1 aliphatic heterocycles. The molecule has 1 aliphatic rings. The van der Waals surface area contributed by atoms with E-state index >= 15 is 0 Å². The molecule has 1 aromatic rings. The largest absolute Gasteiger partial charge is 0.355 e. The van der Waals surface area contributed by atoms with Gasteiger partial charge in [0.2, 0.25) is 6.41 Å². The molecule has 1 aromatic heterocycles. The first-order valence-corrected chi connectivity index (χ1v) is 5.49. The van der Waals surface area contributed by atoms with Crippen LogP contribution in [0.5, 0.6) is 0 Å². The summed E-state index contributed by atoms with van der Waals surface area (Å²) in [4.78, 5) is 22.9. The van der Waals surface area contributed by atoms with Crippen LogP contribution in [0, 0.1) is 0 Å². The Morgan fingerprint density at radius 1 is 1.44 bits per heavy atom. The monoisotopic (exact) mass is 220 g/mol. The molecule has 0 bridgehead atoms. The van der Waals surface area contributed by atoms with Crippen molar-refractivity contribution < 1.29 is 4.79 Å². The molecule has 0 N–H and O–H groups in total. The summed E-state index contributed by atoms with van der Waals surface area (Å²) in [5.41, 5.74) is 0. The van der Waals surface area contributed by atoms with Gasteiger partial charge in [-0.05, 0) is 12.8 Å². The van der Waals surface area contributed by atoms with Crippen molar-refractivity contribution in [1.82, 2.24) is 14.9 Å². The van der Waals surface area contributed by atoms with Crippen LogP contribution < -0.4 is 4.90 Å². The summed E-state index contributed by atoms with van der Waals surface area (Å²) >= 11 is 0. The molecule has 1 fully saturated rings. The Bertz CT molecular complexity index is 335. The van der Waals surface area contributed by atoms with E-state index in [2.05, 4.69) is 14.9 Å². The highest BCUT2D eigenvalue weighted by Gasteiger charge is 2.22. The molecule has 0 saturated carbocycles. The minimum absolute atomic E-state index is 0.366. The first-order valence-electron chi connectivity index (χ1n) is 5.49. The summed E-state index contributed by atoms with van der Waals surface area (Å²) in [5, 5.41) is 0. The molecule has 0 aromatic carbocycles. The molecule has 5 heteroatoms. The summed E-state index contributed by atoms with van der Waals surface area (Å²) in [5.74, 6) is 0.926. The minimum atomic E-state index is 0.366. The fourth-order valence-corrected chi connectivity index (χ4v) is 2.04. The van der Waals surface area contributed by atoms with E-state index in [1.54, 1.807) is 23.5 Å². The maximum Gasteiger partial charge on any atom is 0.209 e. The SMILES string of the molecule is CN(C=O)C1CCN(c2cnccn2)CC1. The van der Waals surface area contributed by atoms with Crippen molar-refractivity contribution in [3.63, 3.8) is 0 Å². The number of aromatic nitrogens is 2. The fourth-order valence-electron chi connectivity index (χ4n) is 2.04. The van der Waals surface area contributed by atoms with Crippen molar-refractivity contribution in [1.29, 1.82) is 0 Å². The average molecular weight is 220 g/mol. The zero-order valence-corrected chi connectivity index (χ0v) is 9.41. The second-order valence-corrected chi connectivity index (χ2v) is 4.05. The predicted molar refractivity (Wildman–Crippen MR) is 61.1 cm³/mol. The van der Waals surface area contributed by atoms with Gasteiger partial charge in [-0.15, -0.1) is 0 Å². The molecule has 0 atom stereocenters. The van der Waals surface area contributed by atoms with E-state index in [1.165, 1.54) is 0 Å². The van der Waals surface area contributed by atoms with Crippen LogP contribution in [0.1, 0.15) is 12.8 Å². The van der Waals surface area contributed by atoms with E-state index in [0.717, 1.165) is 38.2 Å². The molecular formula is C11H16N4O. The van der Waals surface area contributed by atoms with Crippen molar-refractivity contribution in [2.24, 2.45) is 0 Å². The normalized spacial score (nSPS) is 17.2. The molecule has 1 amide bonds. The number of nitrogens with zero attached hydrogens (tertiary/aromatic N) is 4. The molecule has 0 aliphatic carbocycles. The standard InChI is InChI=1S/C11H16N4O/c1-14(9-16)10-2-6-15(7-3-10)11-8-12-4-5-13-11/h4-5,8-10H,2-3,6-7H2,1H3. The number of rotatable bonds is 3. The lowest BCUT2D eigenvalue weighted by Gasteiger charge is -2.35. The highest BCUT2D eigenvalue weighted by molar-refractivity contribution is 5.47. The maximum absolute atomic E-state index is 10.6. The smallest absolute Gasteiger partial charge is 0.209 e. The molecule has 0 radical (unpaired) electrons. The van der Waals surface area contributed by atoms with Gasteiger partial charge in [0.05, 0.1) is 6.20 Å². The summed E-state index contributed by atoms with van der Waals surface area (Å²) in [6.07, 6.45) is 8.05. The molecule has 2 rings (SSSR count). The lowest BCUT2D eigenvalue weighted by Crippen LogP contribution is -2.43. The zero-order valence-electron chi connectivity index (χ0n) is 9.41. The molecular weight excluding hydrogens is 204 g/mol. The van der Waals surface area contributed by atoms with Crippen molar-refractivity contribution in [2.75, 3.05) is 25.0 Å². The first-order chi connectivity index (χ1) is 7.81. The van der Waals surface area contributed by atoms with E-state index in [9.17, 15) is 4.79 Å². The van der Waals surface area contributed by atoms with Gasteiger partial charge >= 0.3 is 0 Å². The number of hydrogen-bond donors (Lipinski definition) is 0. The third kappa shape index (κ3) is 2.29. The van der Waals surface area contributed by atoms with Crippen LogP contribution >= 0.6 is 0 Å². The molecule has 2 heterocycles. The van der Waals surface area contributed by atoms with Gasteiger partial charge in [-0.1, -0.05) is 0 Å². The Kier molecular flexibility index (Phi) is 3.34. The van der Waals surface area contributed by atoms with Crippen LogP contribution in [-0.2, 0) is 4.79 Å². The van der Waals surface area contributed by atoms with Gasteiger partial charge in [-0.3, -0.25) is 9.78 Å². The quantitative estimate of drug-likeness (QED) is 0.697. The van der Waals surface area contributed by atoms with Crippen LogP contribution in [0.3, 0.4) is 0 Å². The van der Waals surface area contributed by atoms with E-state index in [0.29, 0.717) is 6.04 Å². The molecule has 0 unspecified atom stereocenters. The Hall–Kier alpha value is -1.65. The van der Waals surface area contributed by atoms with Crippen molar-refractivity contribution >= 4 is 12.2 Å². The number of amides is 1. The van der Waals surface area contributed by atoms with Gasteiger partial charge in [0, 0.05) is 38.6 Å². The first kappa shape index (κ1) is 10.9. The van der Waals surface area contributed by atoms with Gasteiger partial charge < -0.3 is 9.80 Å². The van der Waals surface area contributed by atoms with Crippen molar-refractivity contribution in [2.45, 2.75) is 18.9 Å². The maximum atomic E-state index is 10.6. The fraction of sp³-hybridized carbons (Fsp3) is 0.545. The Labute approximate surface area is 95.1 Å². The number of anilines is 1. The minimum Gasteiger partial charge on any atom is -0.355 e. The van der Waals surface area contributed by atoms with E-state index in [1.807, 2.05) is 7.05 Å². The van der Waals surface area contributed by atoms with Crippen LogP contribution in [-0.4, -0.2) is 47.5 Å². The zero-order chi connectivity index (χ0) is 11.4. The lowest BCUT2D eigenvalue weighted by molar-refractivity contribution is -0.119. The van der Waals surface area contributed by atoms with Crippen LogP contribution in [0.4, 0.5) is 5.82 Å². The molecule has 1 saturated heterocycles. The summed E-state index contributed by atoms with van der Waals surface area (Å²) < 4.78 is 0. The number of carbonyl (C=O) groups excluding carboxylic acids is 1. The molecule has 5 nitrogen and oxygen atoms in total. The molecule has 16 heavy (non-hydrogen) atoms. The Morgan fingerprint density at radius 2 is 2.19 bits per heavy atom. The molecule has 0 spiro atoms. The number of hydrogen-bond acceptors (Lipinski definition) is 4. The van der Waals surface area contributed by atoms with Gasteiger partial charge in [-0.25, -0.2) is 4.98 Å². The van der Waals surface area contributed by atoms with E-state index in [4.69, 9.17) is 0 Å². The van der Waals surface area contributed by atoms with E-state index < -0.39 is 0 Å². The lowest BCUT2D eigenvalue weighted by atomic mass is 10.0. The third-order valence-electron chi connectivity index (χ3n) is 3.08. The number of carbonyl (C=O) groups is 1. The van der Waals surface area contributed by atoms with Crippen LogP contribution in [0.2, 0.25) is 0 Å². The average Bonchev–Trinajstić information content (AvgIpc) is 2.39. The topological polar surface area (TPSA) is 49.3 Å². The van der Waals surface area contributed by atoms with Gasteiger partial charge in [0.15, 0.2) is 0 Å². The summed E-state index contributed by atoms with van der Waals surface area (Å²) in [6, 6.07) is 0.366. The Balaban J connectivity index is 1.93. The highest BCUT2D eigenvalue weighted by atomic mass is 16.1. The van der Waals surface area contributed by atoms with Gasteiger partial charge in [0.25, 0.3) is 0 Å². The van der Waals surface area contributed by atoms with Crippen molar-refractivity contribution in [3.8, 4) is 0 Å². The van der Waals surface area contributed by atoms with Gasteiger partial charge in [-0.2, -0.15) is 0 Å². The van der Waals surface area contributed by atoms with Crippen molar-refractivity contribution in [3.05, 3.63) is 18.6 Å². The second kappa shape index (κ2) is 4.92. The van der Waals surface area contributed by atoms with Crippen LogP contribution in [0.25, 0.3) is 0 Å². The molecule has 86 valence electrons. The highest BCUT2D eigenvalue weighted by Crippen LogP contribution is 2.18. The van der Waals surface area contributed by atoms with Crippen LogP contribution in [0.15, 0.2) is 18.6 Å². The number of piperidine rings is 1. The second-order valence-electron chi connectivity index (χ2n) is 4.05. The summed E-state index contributed by atoms with van der Waals surface area (Å²) in [7, 11) is 1.84. The van der Waals surface area contributed by atoms with Gasteiger partial charge in [0.1, 0.15) is 5.82 Å². The Morgan fingerprint density at radius 3 is 2.75 bits per heavy atom. The third-order valence-corrected chi connectivity index (χ3v) is 3.08. The van der Waals surface area contributed by atoms with E-state index in [-0.39, 0.29) is 0 Å².